The highest BCUT2D eigenvalue weighted by Crippen LogP contribution is 2.17. The van der Waals surface area contributed by atoms with Crippen LogP contribution in [0.2, 0.25) is 0 Å². The minimum atomic E-state index is -1.51. The predicted molar refractivity (Wildman–Crippen MR) is 258 cm³/mol. The number of carboxylic acids is 1. The number of ether oxygens (including phenoxy) is 4. The average Bonchev–Trinajstić information content (AvgIpc) is 3.23. The number of rotatable bonds is 49. The van der Waals surface area contributed by atoms with Crippen molar-refractivity contribution in [2.24, 2.45) is 0 Å². The van der Waals surface area contributed by atoms with Gasteiger partial charge in [0.25, 0.3) is 6.29 Å². The van der Waals surface area contributed by atoms with Crippen LogP contribution in [0.3, 0.4) is 0 Å². The van der Waals surface area contributed by atoms with Crippen molar-refractivity contribution in [3.8, 4) is 0 Å². The van der Waals surface area contributed by atoms with Crippen molar-refractivity contribution in [2.45, 2.75) is 264 Å². The van der Waals surface area contributed by atoms with Crippen molar-refractivity contribution in [1.82, 2.24) is 0 Å². The van der Waals surface area contributed by atoms with Gasteiger partial charge < -0.3 is 28.5 Å². The number of nitrogens with zero attached hydrogens (tertiary/aromatic N) is 1. The number of hydrogen-bond acceptors (Lipinski definition) is 7. The fraction of sp³-hybridized carbons (Fsp3) is 0.906. The van der Waals surface area contributed by atoms with E-state index in [-0.39, 0.29) is 32.2 Å². The minimum absolute atomic E-state index is 0.179. The molecule has 0 bridgehead atoms. The summed E-state index contributed by atoms with van der Waals surface area (Å²) >= 11 is 0. The van der Waals surface area contributed by atoms with Crippen molar-refractivity contribution >= 4 is 17.9 Å². The highest BCUT2D eigenvalue weighted by atomic mass is 16.7. The number of unbranched alkanes of at least 4 members (excludes halogenated alkanes) is 32. The third kappa shape index (κ3) is 46.0. The van der Waals surface area contributed by atoms with Crippen LogP contribution in [0.15, 0.2) is 12.2 Å². The summed E-state index contributed by atoms with van der Waals surface area (Å²) in [6.07, 6.45) is 47.1. The summed E-state index contributed by atoms with van der Waals surface area (Å²) in [7, 11) is 5.96. The van der Waals surface area contributed by atoms with E-state index < -0.39 is 24.3 Å². The van der Waals surface area contributed by atoms with Crippen molar-refractivity contribution in [3.63, 3.8) is 0 Å². The summed E-state index contributed by atoms with van der Waals surface area (Å²) in [4.78, 5) is 37.2. The van der Waals surface area contributed by atoms with Crippen LogP contribution in [-0.2, 0) is 33.3 Å². The molecule has 62 heavy (non-hydrogen) atoms. The molecule has 0 radical (unpaired) electrons. The van der Waals surface area contributed by atoms with Crippen molar-refractivity contribution in [3.05, 3.63) is 12.2 Å². The van der Waals surface area contributed by atoms with E-state index in [0.717, 1.165) is 51.4 Å². The Morgan fingerprint density at radius 3 is 1.21 bits per heavy atom. The largest absolute Gasteiger partial charge is 0.477 e. The van der Waals surface area contributed by atoms with E-state index in [0.29, 0.717) is 23.9 Å². The van der Waals surface area contributed by atoms with Gasteiger partial charge in [-0.2, -0.15) is 0 Å². The van der Waals surface area contributed by atoms with Gasteiger partial charge in [-0.25, -0.2) is 4.79 Å². The molecule has 0 aliphatic carbocycles. The Kier molecular flexibility index (Phi) is 44.1. The maximum absolute atomic E-state index is 12.8. The van der Waals surface area contributed by atoms with Gasteiger partial charge in [0.05, 0.1) is 34.4 Å². The Bertz CT molecular complexity index is 1030. The molecule has 0 amide bonds. The van der Waals surface area contributed by atoms with Crippen LogP contribution < -0.4 is 0 Å². The number of carboxylic acid groups (broad SMARTS) is 1. The smallest absolute Gasteiger partial charge is 0.361 e. The SMILES string of the molecule is CCCCCC/C=C\CCCCCCCC(=O)OC(COC(=O)CCCCCCCCCCCCCCCCCCCCCCCCCC)COC(OCC[N+](C)(C)C)C(=O)O. The standard InChI is InChI=1S/C53H101NO8/c1-6-8-10-12-14-16-18-20-21-22-23-24-25-26-27-28-29-30-32-33-35-37-39-41-43-50(55)60-47-49(48-61-53(52(57)58)59-46-45-54(3,4)5)62-51(56)44-42-40-38-36-34-31-19-17-15-13-11-9-7-2/h17,19,49,53H,6-16,18,20-48H2,1-5H3/p+1/b19-17-. The van der Waals surface area contributed by atoms with Crippen LogP contribution in [0.4, 0.5) is 0 Å². The summed E-state index contributed by atoms with van der Waals surface area (Å²) in [6, 6.07) is 0. The molecule has 0 saturated carbocycles. The molecule has 0 aliphatic heterocycles. The van der Waals surface area contributed by atoms with Gasteiger partial charge in [-0.1, -0.05) is 212 Å². The third-order valence-corrected chi connectivity index (χ3v) is 11.8. The Labute approximate surface area is 383 Å². The number of carbonyl (C=O) groups excluding carboxylic acids is 2. The summed E-state index contributed by atoms with van der Waals surface area (Å²) in [5, 5.41) is 9.66. The molecule has 2 atom stereocenters. The Balaban J connectivity index is 4.19. The lowest BCUT2D eigenvalue weighted by atomic mass is 10.0. The molecule has 0 aromatic heterocycles. The molecule has 0 fully saturated rings. The van der Waals surface area contributed by atoms with Crippen LogP contribution in [0.1, 0.15) is 251 Å². The van der Waals surface area contributed by atoms with Crippen LogP contribution in [0.25, 0.3) is 0 Å². The van der Waals surface area contributed by atoms with Crippen LogP contribution in [0.5, 0.6) is 0 Å². The van der Waals surface area contributed by atoms with Crippen LogP contribution in [-0.4, -0.2) is 87.4 Å². The van der Waals surface area contributed by atoms with Gasteiger partial charge >= 0.3 is 17.9 Å². The average molecular weight is 881 g/mol. The number of carbonyl (C=O) groups is 3. The molecule has 9 heteroatoms. The molecule has 366 valence electrons. The predicted octanol–water partition coefficient (Wildman–Crippen LogP) is 14.6. The lowest BCUT2D eigenvalue weighted by Crippen LogP contribution is -2.40. The quantitative estimate of drug-likeness (QED) is 0.0212. The van der Waals surface area contributed by atoms with E-state index in [1.807, 2.05) is 21.1 Å². The number of likely N-dealkylation sites (N-methyl/N-ethyl adjacent to an activating group) is 1. The van der Waals surface area contributed by atoms with Crippen LogP contribution in [0, 0.1) is 0 Å². The minimum Gasteiger partial charge on any atom is -0.477 e. The van der Waals surface area contributed by atoms with Gasteiger partial charge in [-0.3, -0.25) is 9.59 Å². The van der Waals surface area contributed by atoms with E-state index in [2.05, 4.69) is 26.0 Å². The lowest BCUT2D eigenvalue weighted by Gasteiger charge is -2.25. The van der Waals surface area contributed by atoms with Gasteiger partial charge in [-0.05, 0) is 38.5 Å². The van der Waals surface area contributed by atoms with Gasteiger partial charge in [0.2, 0.25) is 0 Å². The van der Waals surface area contributed by atoms with E-state index >= 15 is 0 Å². The van der Waals surface area contributed by atoms with Crippen molar-refractivity contribution in [2.75, 3.05) is 47.5 Å². The molecular formula is C53H102NO8+. The second-order valence-corrected chi connectivity index (χ2v) is 19.2. The molecule has 1 N–H and O–H groups in total. The highest BCUT2D eigenvalue weighted by Gasteiger charge is 2.25. The van der Waals surface area contributed by atoms with Crippen LogP contribution >= 0.6 is 0 Å². The molecule has 0 spiro atoms. The summed E-state index contributed by atoms with van der Waals surface area (Å²) in [5.74, 6) is -2.00. The summed E-state index contributed by atoms with van der Waals surface area (Å²) in [5.41, 5.74) is 0. The zero-order chi connectivity index (χ0) is 45.6. The summed E-state index contributed by atoms with van der Waals surface area (Å²) < 4.78 is 22.8. The Morgan fingerprint density at radius 1 is 0.468 bits per heavy atom. The second-order valence-electron chi connectivity index (χ2n) is 19.2. The lowest BCUT2D eigenvalue weighted by molar-refractivity contribution is -0.870. The highest BCUT2D eigenvalue weighted by molar-refractivity contribution is 5.71. The van der Waals surface area contributed by atoms with Gasteiger partial charge in [0.15, 0.2) is 6.10 Å². The van der Waals surface area contributed by atoms with Crippen molar-refractivity contribution in [1.29, 1.82) is 0 Å². The molecule has 0 heterocycles. The maximum atomic E-state index is 12.8. The topological polar surface area (TPSA) is 108 Å². The first-order valence-corrected chi connectivity index (χ1v) is 26.4. The molecule has 0 aromatic carbocycles. The normalized spacial score (nSPS) is 12.9. The molecule has 0 aliphatic rings. The first-order valence-electron chi connectivity index (χ1n) is 26.4. The maximum Gasteiger partial charge on any atom is 0.361 e. The van der Waals surface area contributed by atoms with Gasteiger partial charge in [0.1, 0.15) is 13.2 Å². The first kappa shape index (κ1) is 60.0. The molecular weight excluding hydrogens is 779 g/mol. The number of quaternary nitrogens is 1. The van der Waals surface area contributed by atoms with E-state index in [9.17, 15) is 19.5 Å². The number of allylic oxidation sites excluding steroid dienone is 2. The monoisotopic (exact) mass is 881 g/mol. The number of esters is 2. The fourth-order valence-electron chi connectivity index (χ4n) is 7.66. The second kappa shape index (κ2) is 45.6. The fourth-order valence-corrected chi connectivity index (χ4v) is 7.66. The molecule has 0 saturated heterocycles. The first-order chi connectivity index (χ1) is 30.1. The number of hydrogen-bond donors (Lipinski definition) is 1. The Hall–Kier alpha value is -1.97. The van der Waals surface area contributed by atoms with Gasteiger partial charge in [0, 0.05) is 12.8 Å². The van der Waals surface area contributed by atoms with Gasteiger partial charge in [-0.15, -0.1) is 0 Å². The number of aliphatic carboxylic acids is 1. The third-order valence-electron chi connectivity index (χ3n) is 11.8. The molecule has 0 rings (SSSR count). The zero-order valence-corrected chi connectivity index (χ0v) is 41.6. The van der Waals surface area contributed by atoms with E-state index in [1.165, 1.54) is 167 Å². The van der Waals surface area contributed by atoms with Crippen molar-refractivity contribution < 1.29 is 42.9 Å². The summed E-state index contributed by atoms with van der Waals surface area (Å²) in [6.45, 7) is 4.89. The van der Waals surface area contributed by atoms with E-state index in [1.54, 1.807) is 0 Å². The zero-order valence-electron chi connectivity index (χ0n) is 41.6. The molecule has 2 unspecified atom stereocenters. The Morgan fingerprint density at radius 2 is 0.823 bits per heavy atom. The van der Waals surface area contributed by atoms with E-state index in [4.69, 9.17) is 18.9 Å². The molecule has 0 aromatic rings. The molecule has 9 nitrogen and oxygen atoms in total.